The highest BCUT2D eigenvalue weighted by molar-refractivity contribution is 7.13. The Morgan fingerprint density at radius 2 is 2.12 bits per heavy atom. The third-order valence-electron chi connectivity index (χ3n) is 5.72. The van der Waals surface area contributed by atoms with E-state index in [1.807, 2.05) is 42.6 Å². The van der Waals surface area contributed by atoms with Crippen molar-refractivity contribution in [3.05, 3.63) is 47.0 Å². The van der Waals surface area contributed by atoms with Gasteiger partial charge in [-0.2, -0.15) is 0 Å². The second-order valence-corrected chi connectivity index (χ2v) is 8.65. The van der Waals surface area contributed by atoms with Gasteiger partial charge in [0.25, 0.3) is 5.91 Å². The van der Waals surface area contributed by atoms with Crippen molar-refractivity contribution in [3.63, 3.8) is 0 Å². The van der Waals surface area contributed by atoms with Crippen molar-refractivity contribution in [3.8, 4) is 27.7 Å². The van der Waals surface area contributed by atoms with E-state index in [-0.39, 0.29) is 12.0 Å². The molecule has 3 heterocycles. The van der Waals surface area contributed by atoms with Gasteiger partial charge in [0.15, 0.2) is 0 Å². The number of aromatic nitrogens is 2. The van der Waals surface area contributed by atoms with Crippen LogP contribution in [0.4, 0.5) is 0 Å². The minimum absolute atomic E-state index is 0.0995. The van der Waals surface area contributed by atoms with Crippen molar-refractivity contribution in [2.75, 3.05) is 34.0 Å². The largest absolute Gasteiger partial charge is 0.497 e. The number of carbonyl (C=O) groups excluding carboxylic acids is 1. The maximum atomic E-state index is 12.8. The zero-order valence-electron chi connectivity index (χ0n) is 18.7. The van der Waals surface area contributed by atoms with Gasteiger partial charge < -0.3 is 24.1 Å². The molecule has 1 saturated heterocycles. The smallest absolute Gasteiger partial charge is 0.253 e. The molecule has 1 unspecified atom stereocenters. The second-order valence-electron chi connectivity index (χ2n) is 7.79. The Bertz CT molecular complexity index is 1050. The molecule has 170 valence electrons. The molecule has 0 bridgehead atoms. The number of nitrogens with zero attached hydrogens (tertiary/aromatic N) is 2. The number of amides is 1. The van der Waals surface area contributed by atoms with Crippen molar-refractivity contribution in [2.24, 2.45) is 0 Å². The summed E-state index contributed by atoms with van der Waals surface area (Å²) in [5.41, 5.74) is 4.41. The van der Waals surface area contributed by atoms with Crippen molar-refractivity contribution in [1.29, 1.82) is 0 Å². The summed E-state index contributed by atoms with van der Waals surface area (Å²) in [7, 11) is 3.28. The van der Waals surface area contributed by atoms with Crippen molar-refractivity contribution < 1.29 is 19.0 Å². The molecule has 1 fully saturated rings. The summed E-state index contributed by atoms with van der Waals surface area (Å²) in [5, 5.41) is 5.91. The van der Waals surface area contributed by atoms with E-state index in [4.69, 9.17) is 19.2 Å². The van der Waals surface area contributed by atoms with Gasteiger partial charge in [-0.3, -0.25) is 4.79 Å². The molecule has 32 heavy (non-hydrogen) atoms. The average molecular weight is 456 g/mol. The van der Waals surface area contributed by atoms with E-state index in [2.05, 4.69) is 9.88 Å². The SMILES string of the molecule is COCCNC(=O)c1cc(-c2csc(-c3ccc(OC)cc3)n2)n(CC2CCCO2)c1C. The van der Waals surface area contributed by atoms with E-state index in [0.717, 1.165) is 52.9 Å². The van der Waals surface area contributed by atoms with Crippen LogP contribution in [0.25, 0.3) is 22.0 Å². The zero-order valence-corrected chi connectivity index (χ0v) is 19.5. The van der Waals surface area contributed by atoms with Gasteiger partial charge in [-0.15, -0.1) is 11.3 Å². The first kappa shape index (κ1) is 22.5. The highest BCUT2D eigenvalue weighted by atomic mass is 32.1. The van der Waals surface area contributed by atoms with Crippen LogP contribution >= 0.6 is 11.3 Å². The number of methoxy groups -OCH3 is 2. The molecule has 3 aromatic rings. The monoisotopic (exact) mass is 455 g/mol. The number of hydrogen-bond donors (Lipinski definition) is 1. The number of benzene rings is 1. The quantitative estimate of drug-likeness (QED) is 0.491. The van der Waals surface area contributed by atoms with Gasteiger partial charge in [0.05, 0.1) is 36.8 Å². The van der Waals surface area contributed by atoms with Crippen LogP contribution in [0.15, 0.2) is 35.7 Å². The van der Waals surface area contributed by atoms with Crippen molar-refractivity contribution in [2.45, 2.75) is 32.4 Å². The van der Waals surface area contributed by atoms with Crippen LogP contribution in [-0.4, -0.2) is 55.5 Å². The number of nitrogens with one attached hydrogen (secondary N) is 1. The van der Waals surface area contributed by atoms with Gasteiger partial charge in [-0.25, -0.2) is 4.98 Å². The van der Waals surface area contributed by atoms with E-state index in [1.54, 1.807) is 25.6 Å². The van der Waals surface area contributed by atoms with Gasteiger partial charge in [-0.05, 0) is 50.1 Å². The molecule has 0 saturated carbocycles. The van der Waals surface area contributed by atoms with Gasteiger partial charge >= 0.3 is 0 Å². The maximum Gasteiger partial charge on any atom is 0.253 e. The molecule has 1 N–H and O–H groups in total. The molecule has 4 rings (SSSR count). The van der Waals surface area contributed by atoms with Crippen molar-refractivity contribution in [1.82, 2.24) is 14.9 Å². The highest BCUT2D eigenvalue weighted by Crippen LogP contribution is 2.33. The van der Waals surface area contributed by atoms with E-state index < -0.39 is 0 Å². The Hall–Kier alpha value is -2.68. The molecule has 1 aliphatic heterocycles. The highest BCUT2D eigenvalue weighted by Gasteiger charge is 2.24. The molecule has 0 spiro atoms. The van der Waals surface area contributed by atoms with Gasteiger partial charge in [0.2, 0.25) is 0 Å². The molecule has 0 aliphatic carbocycles. The van der Waals surface area contributed by atoms with Crippen LogP contribution in [-0.2, 0) is 16.0 Å². The summed E-state index contributed by atoms with van der Waals surface area (Å²) in [5.74, 6) is 0.716. The molecule has 1 aromatic carbocycles. The topological polar surface area (TPSA) is 74.6 Å². The third-order valence-corrected chi connectivity index (χ3v) is 6.61. The minimum Gasteiger partial charge on any atom is -0.497 e. The number of hydrogen-bond acceptors (Lipinski definition) is 6. The Labute approximate surface area is 192 Å². The standard InChI is InChI=1S/C24H29N3O4S/c1-16-20(23(28)25-10-12-29-2)13-22(27(16)14-19-5-4-11-31-19)21-15-32-24(26-21)17-6-8-18(30-3)9-7-17/h6-9,13,15,19H,4-5,10-12,14H2,1-3H3,(H,25,28). The van der Waals surface area contributed by atoms with Gasteiger partial charge in [0.1, 0.15) is 10.8 Å². The predicted octanol–water partition coefficient (Wildman–Crippen LogP) is 4.15. The lowest BCUT2D eigenvalue weighted by Crippen LogP contribution is -2.27. The van der Waals surface area contributed by atoms with Crippen LogP contribution in [0, 0.1) is 6.92 Å². The fraction of sp³-hybridized carbons (Fsp3) is 0.417. The second kappa shape index (κ2) is 10.3. The van der Waals surface area contributed by atoms with E-state index in [9.17, 15) is 4.79 Å². The lowest BCUT2D eigenvalue weighted by atomic mass is 10.2. The third kappa shape index (κ3) is 4.87. The summed E-state index contributed by atoms with van der Waals surface area (Å²) in [6, 6.07) is 9.82. The average Bonchev–Trinajstić information content (AvgIpc) is 3.56. The Balaban J connectivity index is 1.66. The molecule has 8 heteroatoms. The Morgan fingerprint density at radius 3 is 2.81 bits per heavy atom. The Morgan fingerprint density at radius 1 is 1.31 bits per heavy atom. The first-order valence-electron chi connectivity index (χ1n) is 10.8. The van der Waals surface area contributed by atoms with Crippen LogP contribution < -0.4 is 10.1 Å². The lowest BCUT2D eigenvalue weighted by Gasteiger charge is -2.15. The predicted molar refractivity (Wildman–Crippen MR) is 125 cm³/mol. The zero-order chi connectivity index (χ0) is 22.5. The molecular formula is C24H29N3O4S. The van der Waals surface area contributed by atoms with E-state index >= 15 is 0 Å². The van der Waals surface area contributed by atoms with E-state index in [0.29, 0.717) is 25.3 Å². The normalized spacial score (nSPS) is 15.8. The van der Waals surface area contributed by atoms with Crippen LogP contribution in [0.5, 0.6) is 5.75 Å². The summed E-state index contributed by atoms with van der Waals surface area (Å²) >= 11 is 1.59. The number of ether oxygens (including phenoxy) is 3. The molecule has 1 atom stereocenters. The fourth-order valence-electron chi connectivity index (χ4n) is 3.93. The summed E-state index contributed by atoms with van der Waals surface area (Å²) in [4.78, 5) is 17.7. The molecule has 0 radical (unpaired) electrons. The van der Waals surface area contributed by atoms with Crippen LogP contribution in [0.2, 0.25) is 0 Å². The maximum absolute atomic E-state index is 12.8. The molecule has 1 amide bonds. The summed E-state index contributed by atoms with van der Waals surface area (Å²) in [6.45, 7) is 4.44. The van der Waals surface area contributed by atoms with Crippen LogP contribution in [0.3, 0.4) is 0 Å². The molecule has 2 aromatic heterocycles. The summed E-state index contributed by atoms with van der Waals surface area (Å²) in [6.07, 6.45) is 2.26. The number of carbonyl (C=O) groups is 1. The molecule has 7 nitrogen and oxygen atoms in total. The van der Waals surface area contributed by atoms with Gasteiger partial charge in [0, 0.05) is 43.4 Å². The molecule has 1 aliphatic rings. The molecular weight excluding hydrogens is 426 g/mol. The number of rotatable bonds is 9. The first-order valence-corrected chi connectivity index (χ1v) is 11.7. The number of thiazole rings is 1. The lowest BCUT2D eigenvalue weighted by molar-refractivity contribution is 0.0928. The Kier molecular flexibility index (Phi) is 7.24. The fourth-order valence-corrected chi connectivity index (χ4v) is 4.75. The summed E-state index contributed by atoms with van der Waals surface area (Å²) < 4.78 is 18.4. The van der Waals surface area contributed by atoms with Crippen LogP contribution in [0.1, 0.15) is 28.9 Å². The minimum atomic E-state index is -0.0995. The van der Waals surface area contributed by atoms with Crippen molar-refractivity contribution >= 4 is 17.2 Å². The first-order chi connectivity index (χ1) is 15.6. The van der Waals surface area contributed by atoms with E-state index in [1.165, 1.54) is 0 Å². The van der Waals surface area contributed by atoms with Gasteiger partial charge in [-0.1, -0.05) is 0 Å².